The summed E-state index contributed by atoms with van der Waals surface area (Å²) in [5, 5.41) is 13.3. The zero-order chi connectivity index (χ0) is 19.8. The van der Waals surface area contributed by atoms with Crippen molar-refractivity contribution in [1.82, 2.24) is 29.1 Å². The summed E-state index contributed by atoms with van der Waals surface area (Å²) in [6.45, 7) is 5.96. The van der Waals surface area contributed by atoms with Crippen molar-refractivity contribution in [3.05, 3.63) is 52.6 Å². The van der Waals surface area contributed by atoms with Crippen LogP contribution in [0.2, 0.25) is 5.02 Å². The molecular weight excluding hydrogens is 388 g/mol. The maximum atomic E-state index is 12.7. The lowest BCUT2D eigenvalue weighted by molar-refractivity contribution is 0.485. The number of nitrogens with zero attached hydrogens (tertiary/aromatic N) is 6. The molecule has 144 valence electrons. The average Bonchev–Trinajstić information content (AvgIpc) is 3.20. The molecule has 2 heterocycles. The van der Waals surface area contributed by atoms with E-state index in [4.69, 9.17) is 11.6 Å². The second-order valence-electron chi connectivity index (χ2n) is 6.21. The van der Waals surface area contributed by atoms with Crippen molar-refractivity contribution >= 4 is 21.6 Å². The summed E-state index contributed by atoms with van der Waals surface area (Å²) in [4.78, 5) is 0.247. The van der Waals surface area contributed by atoms with Crippen molar-refractivity contribution in [3.8, 4) is 5.69 Å². The molecule has 0 aliphatic carbocycles. The second-order valence-corrected chi connectivity index (χ2v) is 8.63. The Bertz CT molecular complexity index is 1060. The number of benzene rings is 1. The van der Waals surface area contributed by atoms with Gasteiger partial charge in [0, 0.05) is 18.6 Å². The molecule has 0 saturated heterocycles. The Morgan fingerprint density at radius 3 is 2.48 bits per heavy atom. The Hall–Kier alpha value is -2.23. The van der Waals surface area contributed by atoms with E-state index in [2.05, 4.69) is 15.4 Å². The third kappa shape index (κ3) is 3.76. The highest BCUT2D eigenvalue weighted by atomic mass is 35.5. The molecule has 0 radical (unpaired) electrons. The van der Waals surface area contributed by atoms with Crippen LogP contribution >= 0.6 is 11.6 Å². The highest BCUT2D eigenvalue weighted by Crippen LogP contribution is 2.23. The number of rotatable bonds is 6. The van der Waals surface area contributed by atoms with Gasteiger partial charge in [0.05, 0.1) is 29.8 Å². The largest absolute Gasteiger partial charge is 0.262 e. The smallest absolute Gasteiger partial charge is 0.246 e. The van der Waals surface area contributed by atoms with Crippen molar-refractivity contribution < 1.29 is 8.42 Å². The van der Waals surface area contributed by atoms with Gasteiger partial charge in [0.25, 0.3) is 0 Å². The van der Waals surface area contributed by atoms with Gasteiger partial charge in [-0.2, -0.15) is 5.10 Å². The molecule has 0 fully saturated rings. The van der Waals surface area contributed by atoms with Crippen LogP contribution in [-0.2, 0) is 16.6 Å². The van der Waals surface area contributed by atoms with Gasteiger partial charge in [0.2, 0.25) is 10.0 Å². The third-order valence-electron chi connectivity index (χ3n) is 4.37. The molecule has 0 atom stereocenters. The Kier molecular flexibility index (Phi) is 5.36. The number of sulfonamides is 1. The van der Waals surface area contributed by atoms with Crippen LogP contribution in [0.5, 0.6) is 0 Å². The van der Waals surface area contributed by atoms with Crippen LogP contribution < -0.4 is 0 Å². The summed E-state index contributed by atoms with van der Waals surface area (Å²) in [7, 11) is -2.01. The topological polar surface area (TPSA) is 85.9 Å². The highest BCUT2D eigenvalue weighted by Gasteiger charge is 2.28. The number of hydrogen-bond donors (Lipinski definition) is 0. The Morgan fingerprint density at radius 1 is 1.19 bits per heavy atom. The van der Waals surface area contributed by atoms with E-state index >= 15 is 0 Å². The van der Waals surface area contributed by atoms with E-state index in [1.165, 1.54) is 4.31 Å². The minimum Gasteiger partial charge on any atom is -0.262 e. The van der Waals surface area contributed by atoms with Gasteiger partial charge in [-0.05, 0) is 38.1 Å². The Balaban J connectivity index is 1.90. The van der Waals surface area contributed by atoms with Crippen LogP contribution in [-0.4, -0.2) is 51.1 Å². The molecule has 0 unspecified atom stereocenters. The molecule has 0 N–H and O–H groups in total. The molecule has 27 heavy (non-hydrogen) atoms. The number of halogens is 1. The zero-order valence-corrected chi connectivity index (χ0v) is 17.2. The first-order chi connectivity index (χ1) is 12.7. The van der Waals surface area contributed by atoms with Crippen molar-refractivity contribution in [3.63, 3.8) is 0 Å². The number of aryl methyl sites for hydroxylation is 1. The average molecular weight is 409 g/mol. The van der Waals surface area contributed by atoms with Crippen LogP contribution in [0.4, 0.5) is 0 Å². The minimum atomic E-state index is -3.57. The fourth-order valence-electron chi connectivity index (χ4n) is 2.78. The van der Waals surface area contributed by atoms with Crippen LogP contribution in [0, 0.1) is 13.8 Å². The summed E-state index contributed by atoms with van der Waals surface area (Å²) in [6, 6.07) is 7.24. The second kappa shape index (κ2) is 7.41. The van der Waals surface area contributed by atoms with Crippen LogP contribution in [0.25, 0.3) is 5.69 Å². The van der Waals surface area contributed by atoms with Crippen molar-refractivity contribution in [2.75, 3.05) is 13.6 Å². The molecule has 8 nitrogen and oxygen atoms in total. The molecule has 0 aliphatic rings. The standard InChI is InChI=1S/C17H21ClN6O2S/c1-5-22(4)27(25,26)17-12(2)20-23(13(17)3)10-15-11-24(21-19-15)16-8-6-14(18)7-9-16/h6-9,11H,5,10H2,1-4H3. The lowest BCUT2D eigenvalue weighted by Gasteiger charge is -2.15. The molecule has 0 aliphatic heterocycles. The van der Waals surface area contributed by atoms with E-state index in [-0.39, 0.29) is 4.90 Å². The highest BCUT2D eigenvalue weighted by molar-refractivity contribution is 7.89. The summed E-state index contributed by atoms with van der Waals surface area (Å²) in [5.74, 6) is 0. The Morgan fingerprint density at radius 2 is 1.85 bits per heavy atom. The normalized spacial score (nSPS) is 12.1. The van der Waals surface area contributed by atoms with E-state index in [9.17, 15) is 8.42 Å². The quantitative estimate of drug-likeness (QED) is 0.625. The van der Waals surface area contributed by atoms with Crippen molar-refractivity contribution in [1.29, 1.82) is 0 Å². The number of aromatic nitrogens is 5. The summed E-state index contributed by atoms with van der Waals surface area (Å²) < 4.78 is 30.0. The molecule has 1 aromatic carbocycles. The van der Waals surface area contributed by atoms with E-state index in [1.54, 1.807) is 55.5 Å². The lowest BCUT2D eigenvalue weighted by atomic mass is 10.3. The minimum absolute atomic E-state index is 0.247. The predicted octanol–water partition coefficient (Wildman–Crippen LogP) is 2.42. The van der Waals surface area contributed by atoms with E-state index in [1.807, 2.05) is 12.1 Å². The summed E-state index contributed by atoms with van der Waals surface area (Å²) in [6.07, 6.45) is 1.78. The van der Waals surface area contributed by atoms with Crippen molar-refractivity contribution in [2.45, 2.75) is 32.2 Å². The molecule has 0 amide bonds. The van der Waals surface area contributed by atoms with Crippen LogP contribution in [0.15, 0.2) is 35.4 Å². The zero-order valence-electron chi connectivity index (χ0n) is 15.6. The molecule has 2 aromatic heterocycles. The molecule has 3 rings (SSSR count). The van der Waals surface area contributed by atoms with E-state index < -0.39 is 10.0 Å². The molecule has 10 heteroatoms. The molecule has 3 aromatic rings. The fraction of sp³-hybridized carbons (Fsp3) is 0.353. The first-order valence-corrected chi connectivity index (χ1v) is 10.2. The van der Waals surface area contributed by atoms with Gasteiger partial charge < -0.3 is 0 Å². The SMILES string of the molecule is CCN(C)S(=O)(=O)c1c(C)nn(Cc2cn(-c3ccc(Cl)cc3)nn2)c1C. The first-order valence-electron chi connectivity index (χ1n) is 8.41. The van der Waals surface area contributed by atoms with Crippen LogP contribution in [0.1, 0.15) is 24.0 Å². The molecule has 0 saturated carbocycles. The van der Waals surface area contributed by atoms with Crippen molar-refractivity contribution in [2.24, 2.45) is 0 Å². The lowest BCUT2D eigenvalue weighted by Crippen LogP contribution is -2.27. The first kappa shape index (κ1) is 19.5. The van der Waals surface area contributed by atoms with Gasteiger partial charge in [0.1, 0.15) is 10.6 Å². The monoisotopic (exact) mass is 408 g/mol. The molecular formula is C17H21ClN6O2S. The maximum Gasteiger partial charge on any atom is 0.246 e. The predicted molar refractivity (Wildman–Crippen MR) is 103 cm³/mol. The maximum absolute atomic E-state index is 12.7. The third-order valence-corrected chi connectivity index (χ3v) is 6.81. The van der Waals surface area contributed by atoms with Gasteiger partial charge >= 0.3 is 0 Å². The van der Waals surface area contributed by atoms with E-state index in [0.717, 1.165) is 5.69 Å². The van der Waals surface area contributed by atoms with Gasteiger partial charge in [0.15, 0.2) is 0 Å². The van der Waals surface area contributed by atoms with Crippen LogP contribution in [0.3, 0.4) is 0 Å². The van der Waals surface area contributed by atoms with Gasteiger partial charge in [-0.1, -0.05) is 23.7 Å². The summed E-state index contributed by atoms with van der Waals surface area (Å²) in [5.41, 5.74) is 2.55. The summed E-state index contributed by atoms with van der Waals surface area (Å²) >= 11 is 5.91. The number of hydrogen-bond acceptors (Lipinski definition) is 5. The van der Waals surface area contributed by atoms with E-state index in [0.29, 0.717) is 35.2 Å². The Labute approximate surface area is 163 Å². The van der Waals surface area contributed by atoms with Gasteiger partial charge in [-0.25, -0.2) is 17.4 Å². The fourth-order valence-corrected chi connectivity index (χ4v) is 4.45. The molecule has 0 spiro atoms. The van der Waals surface area contributed by atoms with Gasteiger partial charge in [-0.3, -0.25) is 4.68 Å². The molecule has 0 bridgehead atoms. The van der Waals surface area contributed by atoms with Gasteiger partial charge in [-0.15, -0.1) is 5.10 Å².